The van der Waals surface area contributed by atoms with E-state index in [1.54, 1.807) is 11.3 Å². The summed E-state index contributed by atoms with van der Waals surface area (Å²) in [5.41, 5.74) is 3.78. The van der Waals surface area contributed by atoms with Crippen LogP contribution in [-0.4, -0.2) is 30.0 Å². The van der Waals surface area contributed by atoms with Crippen molar-refractivity contribution in [2.24, 2.45) is 5.84 Å². The molecule has 14 heavy (non-hydrogen) atoms. The largest absolute Gasteiger partial charge is 0.306 e. The molecule has 0 aliphatic carbocycles. The molecule has 1 unspecified atom stereocenters. The maximum atomic E-state index is 5.31. The fraction of sp³-hybridized carbons (Fsp3) is 0.667. The summed E-state index contributed by atoms with van der Waals surface area (Å²) in [6.07, 6.45) is 2.52. The summed E-state index contributed by atoms with van der Waals surface area (Å²) in [4.78, 5) is 6.81. The van der Waals surface area contributed by atoms with Crippen LogP contribution in [0.1, 0.15) is 24.5 Å². The van der Waals surface area contributed by atoms with Crippen molar-refractivity contribution in [3.05, 3.63) is 11.1 Å². The van der Waals surface area contributed by atoms with Crippen LogP contribution in [0.25, 0.3) is 0 Å². The normalized spacial score (nSPS) is 23.7. The average Bonchev–Trinajstić information content (AvgIpc) is 2.66. The zero-order chi connectivity index (χ0) is 9.97. The molecule has 78 valence electrons. The van der Waals surface area contributed by atoms with Gasteiger partial charge in [-0.1, -0.05) is 0 Å². The Morgan fingerprint density at radius 3 is 3.21 bits per heavy atom. The fourth-order valence-corrected chi connectivity index (χ4v) is 2.65. The molecule has 0 saturated carbocycles. The monoisotopic (exact) mass is 212 g/mol. The van der Waals surface area contributed by atoms with E-state index in [0.29, 0.717) is 5.92 Å². The van der Waals surface area contributed by atoms with E-state index in [1.165, 1.54) is 25.1 Å². The van der Waals surface area contributed by atoms with Gasteiger partial charge in [0.15, 0.2) is 5.13 Å². The van der Waals surface area contributed by atoms with Gasteiger partial charge in [-0.2, -0.15) is 0 Å². The molecule has 2 heterocycles. The van der Waals surface area contributed by atoms with E-state index >= 15 is 0 Å². The van der Waals surface area contributed by atoms with Crippen molar-refractivity contribution in [1.82, 2.24) is 9.88 Å². The lowest BCUT2D eigenvalue weighted by Gasteiger charge is -2.28. The maximum Gasteiger partial charge on any atom is 0.197 e. The second-order valence-electron chi connectivity index (χ2n) is 3.82. The number of thiazole rings is 1. The van der Waals surface area contributed by atoms with E-state index in [0.717, 1.165) is 11.7 Å². The molecule has 5 heteroatoms. The van der Waals surface area contributed by atoms with Gasteiger partial charge >= 0.3 is 0 Å². The van der Waals surface area contributed by atoms with E-state index in [-0.39, 0.29) is 0 Å². The van der Waals surface area contributed by atoms with E-state index in [9.17, 15) is 0 Å². The molecule has 1 saturated heterocycles. The van der Waals surface area contributed by atoms with Crippen LogP contribution < -0.4 is 11.3 Å². The summed E-state index contributed by atoms with van der Waals surface area (Å²) in [7, 11) is 2.17. The van der Waals surface area contributed by atoms with Crippen LogP contribution in [0.5, 0.6) is 0 Å². The van der Waals surface area contributed by atoms with Gasteiger partial charge in [-0.25, -0.2) is 10.8 Å². The first-order chi connectivity index (χ1) is 6.79. The third kappa shape index (κ3) is 2.05. The van der Waals surface area contributed by atoms with E-state index in [1.807, 2.05) is 0 Å². The minimum absolute atomic E-state index is 0.590. The lowest BCUT2D eigenvalue weighted by atomic mass is 9.96. The van der Waals surface area contributed by atoms with E-state index < -0.39 is 0 Å². The van der Waals surface area contributed by atoms with Crippen LogP contribution in [0, 0.1) is 0 Å². The highest BCUT2D eigenvalue weighted by atomic mass is 32.1. The molecular weight excluding hydrogens is 196 g/mol. The smallest absolute Gasteiger partial charge is 0.197 e. The molecule has 1 fully saturated rings. The lowest BCUT2D eigenvalue weighted by molar-refractivity contribution is 0.249. The van der Waals surface area contributed by atoms with Crippen LogP contribution in [-0.2, 0) is 0 Å². The SMILES string of the molecule is CN1CCCC(c2csc(NN)n2)C1. The first-order valence-electron chi connectivity index (χ1n) is 4.90. The number of piperidine rings is 1. The Morgan fingerprint density at radius 1 is 1.71 bits per heavy atom. The first-order valence-corrected chi connectivity index (χ1v) is 5.78. The second-order valence-corrected chi connectivity index (χ2v) is 4.68. The Bertz CT molecular complexity index is 299. The summed E-state index contributed by atoms with van der Waals surface area (Å²) in [6.45, 7) is 2.33. The number of hydrazine groups is 1. The Labute approximate surface area is 88.1 Å². The Kier molecular flexibility index (Phi) is 3.00. The average molecular weight is 212 g/mol. The quantitative estimate of drug-likeness (QED) is 0.572. The van der Waals surface area contributed by atoms with Gasteiger partial charge in [-0.05, 0) is 26.4 Å². The van der Waals surface area contributed by atoms with Crippen LogP contribution in [0.3, 0.4) is 0 Å². The molecule has 1 aliphatic heterocycles. The molecule has 0 radical (unpaired) electrons. The summed E-state index contributed by atoms with van der Waals surface area (Å²) in [5, 5.41) is 2.92. The van der Waals surface area contributed by atoms with E-state index in [4.69, 9.17) is 5.84 Å². The van der Waals surface area contributed by atoms with Crippen molar-refractivity contribution >= 4 is 16.5 Å². The minimum atomic E-state index is 0.590. The third-order valence-electron chi connectivity index (χ3n) is 2.69. The van der Waals surface area contributed by atoms with Gasteiger partial charge < -0.3 is 4.90 Å². The Morgan fingerprint density at radius 2 is 2.57 bits per heavy atom. The van der Waals surface area contributed by atoms with Gasteiger partial charge in [0, 0.05) is 17.8 Å². The maximum absolute atomic E-state index is 5.31. The molecule has 0 aromatic carbocycles. The predicted molar refractivity (Wildman–Crippen MR) is 59.4 cm³/mol. The molecule has 0 amide bonds. The molecule has 4 nitrogen and oxygen atoms in total. The number of hydrogen-bond acceptors (Lipinski definition) is 5. The van der Waals surface area contributed by atoms with Gasteiger partial charge in [0.25, 0.3) is 0 Å². The van der Waals surface area contributed by atoms with Crippen molar-refractivity contribution in [3.63, 3.8) is 0 Å². The molecule has 1 aromatic heterocycles. The standard InChI is InChI=1S/C9H16N4S/c1-13-4-2-3-7(5-13)8-6-14-9(11-8)12-10/h6-7H,2-5,10H2,1H3,(H,11,12). The minimum Gasteiger partial charge on any atom is -0.306 e. The van der Waals surface area contributed by atoms with Crippen LogP contribution in [0.15, 0.2) is 5.38 Å². The predicted octanol–water partition coefficient (Wildman–Crippen LogP) is 1.24. The summed E-state index contributed by atoms with van der Waals surface area (Å²) in [5.74, 6) is 5.90. The van der Waals surface area contributed by atoms with Crippen molar-refractivity contribution in [2.45, 2.75) is 18.8 Å². The lowest BCUT2D eigenvalue weighted by Crippen LogP contribution is -2.30. The van der Waals surface area contributed by atoms with Crippen molar-refractivity contribution in [2.75, 3.05) is 25.6 Å². The zero-order valence-corrected chi connectivity index (χ0v) is 9.18. The zero-order valence-electron chi connectivity index (χ0n) is 8.36. The number of aromatic nitrogens is 1. The number of nitrogens with zero attached hydrogens (tertiary/aromatic N) is 2. The number of anilines is 1. The highest BCUT2D eigenvalue weighted by Gasteiger charge is 2.20. The molecule has 0 bridgehead atoms. The van der Waals surface area contributed by atoms with Gasteiger partial charge in [-0.3, -0.25) is 5.43 Å². The Balaban J connectivity index is 2.06. The summed E-state index contributed by atoms with van der Waals surface area (Å²) >= 11 is 1.58. The summed E-state index contributed by atoms with van der Waals surface area (Å²) < 4.78 is 0. The molecule has 1 atom stereocenters. The van der Waals surface area contributed by atoms with Gasteiger partial charge in [-0.15, -0.1) is 11.3 Å². The number of likely N-dealkylation sites (N-methyl/N-ethyl adjacent to an activating group) is 1. The van der Waals surface area contributed by atoms with Crippen molar-refractivity contribution in [1.29, 1.82) is 0 Å². The fourth-order valence-electron chi connectivity index (χ4n) is 1.95. The number of nitrogens with one attached hydrogen (secondary N) is 1. The van der Waals surface area contributed by atoms with Gasteiger partial charge in [0.2, 0.25) is 0 Å². The molecule has 1 aromatic rings. The molecule has 1 aliphatic rings. The number of rotatable bonds is 2. The number of hydrogen-bond donors (Lipinski definition) is 2. The summed E-state index contributed by atoms with van der Waals surface area (Å²) in [6, 6.07) is 0. The molecule has 0 spiro atoms. The highest BCUT2D eigenvalue weighted by Crippen LogP contribution is 2.28. The third-order valence-corrected chi connectivity index (χ3v) is 3.48. The number of nitrogens with two attached hydrogens (primary N) is 1. The van der Waals surface area contributed by atoms with E-state index in [2.05, 4.69) is 27.7 Å². The van der Waals surface area contributed by atoms with Crippen LogP contribution in [0.4, 0.5) is 5.13 Å². The molecule has 3 N–H and O–H groups in total. The molecular formula is C9H16N4S. The second kappa shape index (κ2) is 4.25. The van der Waals surface area contributed by atoms with Crippen molar-refractivity contribution in [3.8, 4) is 0 Å². The van der Waals surface area contributed by atoms with Crippen molar-refractivity contribution < 1.29 is 0 Å². The Hall–Kier alpha value is -0.650. The van der Waals surface area contributed by atoms with Gasteiger partial charge in [0.05, 0.1) is 5.69 Å². The first kappa shape index (κ1) is 9.89. The topological polar surface area (TPSA) is 54.2 Å². The highest BCUT2D eigenvalue weighted by molar-refractivity contribution is 7.13. The number of nitrogen functional groups attached to an aromatic ring is 1. The van der Waals surface area contributed by atoms with Crippen LogP contribution >= 0.6 is 11.3 Å². The molecule has 2 rings (SSSR count). The number of likely N-dealkylation sites (tertiary alicyclic amines) is 1. The van der Waals surface area contributed by atoms with Crippen LogP contribution in [0.2, 0.25) is 0 Å². The van der Waals surface area contributed by atoms with Gasteiger partial charge in [0.1, 0.15) is 0 Å².